The van der Waals surface area contributed by atoms with E-state index in [0.29, 0.717) is 30.5 Å². The van der Waals surface area contributed by atoms with E-state index in [1.165, 1.54) is 6.20 Å². The molecule has 0 aliphatic heterocycles. The summed E-state index contributed by atoms with van der Waals surface area (Å²) in [6.07, 6.45) is 4.16. The largest absolute Gasteiger partial charge is 0.476 e. The van der Waals surface area contributed by atoms with Crippen LogP contribution in [0.1, 0.15) is 6.42 Å². The minimum atomic E-state index is -0.457. The van der Waals surface area contributed by atoms with Crippen LogP contribution in [0.5, 0.6) is 5.88 Å². The van der Waals surface area contributed by atoms with Crippen LogP contribution < -0.4 is 15.8 Å². The maximum absolute atomic E-state index is 11.6. The Balaban J connectivity index is 0.00000361. The van der Waals surface area contributed by atoms with Crippen molar-refractivity contribution < 1.29 is 9.53 Å². The van der Waals surface area contributed by atoms with Crippen molar-refractivity contribution in [1.29, 1.82) is 0 Å². The number of nitrogens with zero attached hydrogens (tertiary/aromatic N) is 1. The quantitative estimate of drug-likeness (QED) is 0.705. The molecule has 1 amide bonds. The van der Waals surface area contributed by atoms with Gasteiger partial charge in [-0.15, -0.1) is 12.4 Å². The summed E-state index contributed by atoms with van der Waals surface area (Å²) in [4.78, 5) is 15.5. The monoisotopic (exact) mass is 339 g/mol. The number of pyridine rings is 1. The predicted molar refractivity (Wildman–Crippen MR) is 86.0 cm³/mol. The number of rotatable bonds is 8. The van der Waals surface area contributed by atoms with Gasteiger partial charge in [-0.1, -0.05) is 11.6 Å². The van der Waals surface area contributed by atoms with E-state index in [4.69, 9.17) is 22.1 Å². The van der Waals surface area contributed by atoms with Gasteiger partial charge in [-0.25, -0.2) is 4.98 Å². The zero-order chi connectivity index (χ0) is 14.1. The van der Waals surface area contributed by atoms with Crippen LogP contribution in [0.4, 0.5) is 0 Å². The fourth-order valence-corrected chi connectivity index (χ4v) is 1.89. The molecule has 0 aliphatic rings. The van der Waals surface area contributed by atoms with Crippen molar-refractivity contribution in [3.8, 4) is 5.88 Å². The summed E-state index contributed by atoms with van der Waals surface area (Å²) < 4.78 is 5.34. The van der Waals surface area contributed by atoms with Crippen molar-refractivity contribution in [2.24, 2.45) is 5.73 Å². The van der Waals surface area contributed by atoms with E-state index >= 15 is 0 Å². The van der Waals surface area contributed by atoms with Crippen LogP contribution in [0.3, 0.4) is 0 Å². The average molecular weight is 340 g/mol. The highest BCUT2D eigenvalue weighted by Crippen LogP contribution is 2.10. The highest BCUT2D eigenvalue weighted by molar-refractivity contribution is 7.98. The molecule has 1 aromatic heterocycles. The minimum Gasteiger partial charge on any atom is -0.476 e. The molecule has 5 nitrogen and oxygen atoms in total. The van der Waals surface area contributed by atoms with Crippen LogP contribution in [0.15, 0.2) is 18.3 Å². The van der Waals surface area contributed by atoms with Crippen LogP contribution in [-0.2, 0) is 4.79 Å². The van der Waals surface area contributed by atoms with Crippen molar-refractivity contribution in [2.75, 3.05) is 25.2 Å². The molecule has 0 spiro atoms. The van der Waals surface area contributed by atoms with Gasteiger partial charge < -0.3 is 15.8 Å². The molecular formula is C12H19Cl2N3O2S. The third kappa shape index (κ3) is 7.79. The van der Waals surface area contributed by atoms with Crippen LogP contribution >= 0.6 is 35.8 Å². The molecule has 0 saturated heterocycles. The molecule has 0 fully saturated rings. The van der Waals surface area contributed by atoms with Gasteiger partial charge in [0.15, 0.2) is 0 Å². The normalized spacial score (nSPS) is 11.3. The van der Waals surface area contributed by atoms with Crippen LogP contribution in [0.25, 0.3) is 0 Å². The first kappa shape index (κ1) is 19.3. The van der Waals surface area contributed by atoms with Crippen molar-refractivity contribution in [3.05, 3.63) is 23.4 Å². The van der Waals surface area contributed by atoms with E-state index in [2.05, 4.69) is 10.3 Å². The smallest absolute Gasteiger partial charge is 0.237 e. The summed E-state index contributed by atoms with van der Waals surface area (Å²) in [6.45, 7) is 0.742. The number of nitrogens with one attached hydrogen (secondary N) is 1. The summed E-state index contributed by atoms with van der Waals surface area (Å²) in [6, 6.07) is 2.91. The van der Waals surface area contributed by atoms with Crippen molar-refractivity contribution >= 4 is 41.7 Å². The Hall–Kier alpha value is -0.690. The third-order valence-corrected chi connectivity index (χ3v) is 3.19. The molecular weight excluding hydrogens is 321 g/mol. The van der Waals surface area contributed by atoms with Crippen LogP contribution in [-0.4, -0.2) is 42.1 Å². The lowest BCUT2D eigenvalue weighted by Gasteiger charge is -2.11. The first-order valence-electron chi connectivity index (χ1n) is 5.90. The third-order valence-electron chi connectivity index (χ3n) is 2.32. The molecule has 8 heteroatoms. The second kappa shape index (κ2) is 11.0. The molecule has 0 saturated carbocycles. The van der Waals surface area contributed by atoms with Gasteiger partial charge in [-0.3, -0.25) is 4.79 Å². The zero-order valence-corrected chi connectivity index (χ0v) is 13.6. The summed E-state index contributed by atoms with van der Waals surface area (Å²) in [7, 11) is 0. The first-order chi connectivity index (χ1) is 9.13. The number of carbonyl (C=O) groups is 1. The molecule has 1 heterocycles. The molecule has 114 valence electrons. The standard InChI is InChI=1S/C12H18ClN3O2S.ClH/c1-19-7-4-10(14)12(17)15-5-6-18-11-3-2-9(13)8-16-11;/h2-3,8,10H,4-7,14H2,1H3,(H,15,17);1H/t10-;/m0./s1. The Morgan fingerprint density at radius 2 is 2.35 bits per heavy atom. The fraction of sp³-hybridized carbons (Fsp3) is 0.500. The van der Waals surface area contributed by atoms with E-state index in [9.17, 15) is 4.79 Å². The number of aromatic nitrogens is 1. The Morgan fingerprint density at radius 3 is 2.95 bits per heavy atom. The lowest BCUT2D eigenvalue weighted by Crippen LogP contribution is -2.42. The Bertz CT molecular complexity index is 393. The molecule has 0 aliphatic carbocycles. The highest BCUT2D eigenvalue weighted by atomic mass is 35.5. The molecule has 0 radical (unpaired) electrons. The molecule has 1 aromatic rings. The Kier molecular flexibility index (Phi) is 10.6. The summed E-state index contributed by atoms with van der Waals surface area (Å²) >= 11 is 7.37. The van der Waals surface area contributed by atoms with E-state index in [1.54, 1.807) is 23.9 Å². The van der Waals surface area contributed by atoms with Crippen LogP contribution in [0, 0.1) is 0 Å². The SMILES string of the molecule is CSCC[C@H](N)C(=O)NCCOc1ccc(Cl)cn1.Cl. The summed E-state index contributed by atoms with van der Waals surface area (Å²) in [5.74, 6) is 1.20. The maximum Gasteiger partial charge on any atom is 0.237 e. The molecule has 0 unspecified atom stereocenters. The number of carbonyl (C=O) groups excluding carboxylic acids is 1. The zero-order valence-electron chi connectivity index (χ0n) is 11.2. The van der Waals surface area contributed by atoms with Gasteiger partial charge in [0.05, 0.1) is 17.6 Å². The highest BCUT2D eigenvalue weighted by Gasteiger charge is 2.11. The van der Waals surface area contributed by atoms with Crippen molar-refractivity contribution in [2.45, 2.75) is 12.5 Å². The van der Waals surface area contributed by atoms with Gasteiger partial charge in [0.1, 0.15) is 6.61 Å². The lowest BCUT2D eigenvalue weighted by molar-refractivity contribution is -0.122. The Labute approximate surface area is 134 Å². The van der Waals surface area contributed by atoms with Gasteiger partial charge >= 0.3 is 0 Å². The van der Waals surface area contributed by atoms with Crippen LogP contribution in [0.2, 0.25) is 5.02 Å². The van der Waals surface area contributed by atoms with Gasteiger partial charge in [0.2, 0.25) is 11.8 Å². The van der Waals surface area contributed by atoms with Gasteiger partial charge in [-0.2, -0.15) is 11.8 Å². The molecule has 3 N–H and O–H groups in total. The average Bonchev–Trinajstić information content (AvgIpc) is 2.42. The van der Waals surface area contributed by atoms with Gasteiger partial charge in [0.25, 0.3) is 0 Å². The van der Waals surface area contributed by atoms with E-state index in [0.717, 1.165) is 5.75 Å². The van der Waals surface area contributed by atoms with Crippen molar-refractivity contribution in [3.63, 3.8) is 0 Å². The number of nitrogens with two attached hydrogens (primary N) is 1. The molecule has 0 aromatic carbocycles. The Morgan fingerprint density at radius 1 is 1.60 bits per heavy atom. The number of amides is 1. The van der Waals surface area contributed by atoms with Gasteiger partial charge in [-0.05, 0) is 24.5 Å². The van der Waals surface area contributed by atoms with E-state index < -0.39 is 6.04 Å². The predicted octanol–water partition coefficient (Wildman–Crippen LogP) is 1.73. The van der Waals surface area contributed by atoms with E-state index in [-0.39, 0.29) is 18.3 Å². The first-order valence-corrected chi connectivity index (χ1v) is 7.67. The fourth-order valence-electron chi connectivity index (χ4n) is 1.28. The molecule has 1 atom stereocenters. The number of hydrogen-bond donors (Lipinski definition) is 2. The van der Waals surface area contributed by atoms with E-state index in [1.807, 2.05) is 6.26 Å². The minimum absolute atomic E-state index is 0. The number of hydrogen-bond acceptors (Lipinski definition) is 5. The second-order valence-corrected chi connectivity index (χ2v) is 5.26. The number of thioether (sulfide) groups is 1. The summed E-state index contributed by atoms with van der Waals surface area (Å²) in [5, 5.41) is 3.28. The topological polar surface area (TPSA) is 77.2 Å². The molecule has 1 rings (SSSR count). The maximum atomic E-state index is 11.6. The molecule has 0 bridgehead atoms. The number of ether oxygens (including phenoxy) is 1. The second-order valence-electron chi connectivity index (χ2n) is 3.84. The summed E-state index contributed by atoms with van der Waals surface area (Å²) in [5.41, 5.74) is 5.72. The molecule has 20 heavy (non-hydrogen) atoms. The van der Waals surface area contributed by atoms with Gasteiger partial charge in [0, 0.05) is 12.3 Å². The number of halogens is 2. The lowest BCUT2D eigenvalue weighted by atomic mass is 10.2. The van der Waals surface area contributed by atoms with Crippen molar-refractivity contribution in [1.82, 2.24) is 10.3 Å².